The second kappa shape index (κ2) is 6.06. The molecule has 110 valence electrons. The minimum absolute atomic E-state index is 0.0185. The molecule has 0 aromatic carbocycles. The number of aromatic nitrogens is 1. The Morgan fingerprint density at radius 1 is 1.33 bits per heavy atom. The Kier molecular flexibility index (Phi) is 3.98. The summed E-state index contributed by atoms with van der Waals surface area (Å²) in [5.74, 6) is -0.532. The van der Waals surface area contributed by atoms with E-state index in [2.05, 4.69) is 10.3 Å². The predicted molar refractivity (Wildman–Crippen MR) is 75.5 cm³/mol. The van der Waals surface area contributed by atoms with Crippen LogP contribution in [-0.4, -0.2) is 48.0 Å². The van der Waals surface area contributed by atoms with Gasteiger partial charge in [0.2, 0.25) is 0 Å². The van der Waals surface area contributed by atoms with Crippen LogP contribution in [0.4, 0.5) is 6.01 Å². The van der Waals surface area contributed by atoms with Crippen LogP contribution >= 0.6 is 11.3 Å². The molecule has 1 fully saturated rings. The van der Waals surface area contributed by atoms with Gasteiger partial charge in [0.1, 0.15) is 6.26 Å². The van der Waals surface area contributed by atoms with E-state index in [-0.39, 0.29) is 23.5 Å². The van der Waals surface area contributed by atoms with E-state index in [1.165, 1.54) is 17.6 Å². The second-order valence-electron chi connectivity index (χ2n) is 4.37. The summed E-state index contributed by atoms with van der Waals surface area (Å²) in [6, 6.07) is 3.50. The molecule has 2 aromatic rings. The quantitative estimate of drug-likeness (QED) is 0.928. The number of nitrogens with zero attached hydrogens (tertiary/aromatic N) is 2. The summed E-state index contributed by atoms with van der Waals surface area (Å²) in [7, 11) is 0. The highest BCUT2D eigenvalue weighted by molar-refractivity contribution is 7.12. The van der Waals surface area contributed by atoms with Crippen LogP contribution in [0.5, 0.6) is 0 Å². The molecule has 1 aliphatic heterocycles. The number of amides is 2. The molecule has 2 amide bonds. The zero-order chi connectivity index (χ0) is 14.7. The van der Waals surface area contributed by atoms with E-state index < -0.39 is 0 Å². The van der Waals surface area contributed by atoms with Gasteiger partial charge in [-0.1, -0.05) is 6.07 Å². The Balaban J connectivity index is 1.65. The van der Waals surface area contributed by atoms with E-state index in [4.69, 9.17) is 9.15 Å². The van der Waals surface area contributed by atoms with Gasteiger partial charge in [0.15, 0.2) is 5.69 Å². The van der Waals surface area contributed by atoms with Crippen LogP contribution in [0.3, 0.4) is 0 Å². The molecule has 1 N–H and O–H groups in total. The predicted octanol–water partition coefficient (Wildman–Crippen LogP) is 1.46. The van der Waals surface area contributed by atoms with Crippen LogP contribution in [0, 0.1) is 0 Å². The van der Waals surface area contributed by atoms with E-state index in [0.717, 1.165) is 0 Å². The smallest absolute Gasteiger partial charge is 0.302 e. The highest BCUT2D eigenvalue weighted by Gasteiger charge is 2.22. The summed E-state index contributed by atoms with van der Waals surface area (Å²) >= 11 is 1.32. The van der Waals surface area contributed by atoms with Crippen molar-refractivity contribution < 1.29 is 18.7 Å². The summed E-state index contributed by atoms with van der Waals surface area (Å²) in [6.07, 6.45) is 1.25. The van der Waals surface area contributed by atoms with E-state index >= 15 is 0 Å². The summed E-state index contributed by atoms with van der Waals surface area (Å²) in [6.45, 7) is 2.10. The van der Waals surface area contributed by atoms with Gasteiger partial charge in [-0.3, -0.25) is 14.9 Å². The van der Waals surface area contributed by atoms with E-state index in [9.17, 15) is 9.59 Å². The molecule has 3 heterocycles. The van der Waals surface area contributed by atoms with E-state index in [0.29, 0.717) is 31.2 Å². The maximum Gasteiger partial charge on any atom is 0.302 e. The molecule has 0 saturated carbocycles. The molecule has 1 saturated heterocycles. The maximum absolute atomic E-state index is 12.2. The van der Waals surface area contributed by atoms with Gasteiger partial charge in [0.05, 0.1) is 18.1 Å². The first-order valence-electron chi connectivity index (χ1n) is 6.41. The van der Waals surface area contributed by atoms with Crippen molar-refractivity contribution in [3.63, 3.8) is 0 Å². The van der Waals surface area contributed by atoms with Crippen LogP contribution in [-0.2, 0) is 4.74 Å². The van der Waals surface area contributed by atoms with Gasteiger partial charge in [0.25, 0.3) is 11.8 Å². The number of hydrogen-bond donors (Lipinski definition) is 1. The van der Waals surface area contributed by atoms with Crippen LogP contribution in [0.1, 0.15) is 20.2 Å². The number of hydrogen-bond acceptors (Lipinski definition) is 6. The van der Waals surface area contributed by atoms with Crippen molar-refractivity contribution in [3.05, 3.63) is 34.3 Å². The first-order chi connectivity index (χ1) is 10.2. The highest BCUT2D eigenvalue weighted by Crippen LogP contribution is 2.14. The Morgan fingerprint density at radius 2 is 2.14 bits per heavy atom. The second-order valence-corrected chi connectivity index (χ2v) is 5.32. The lowest BCUT2D eigenvalue weighted by Gasteiger charge is -2.25. The van der Waals surface area contributed by atoms with Crippen LogP contribution < -0.4 is 5.32 Å². The Hall–Kier alpha value is -2.19. The molecule has 7 nitrogen and oxygen atoms in total. The van der Waals surface area contributed by atoms with Crippen molar-refractivity contribution >= 4 is 29.2 Å². The number of morpholine rings is 1. The summed E-state index contributed by atoms with van der Waals surface area (Å²) in [5.41, 5.74) is 0.179. The zero-order valence-corrected chi connectivity index (χ0v) is 11.9. The molecule has 0 aliphatic carbocycles. The summed E-state index contributed by atoms with van der Waals surface area (Å²) < 4.78 is 10.3. The topological polar surface area (TPSA) is 84.7 Å². The monoisotopic (exact) mass is 307 g/mol. The van der Waals surface area contributed by atoms with Gasteiger partial charge in [0, 0.05) is 13.1 Å². The molecule has 0 spiro atoms. The fourth-order valence-corrected chi connectivity index (χ4v) is 2.54. The average molecular weight is 307 g/mol. The molecule has 2 aromatic heterocycles. The molecule has 0 atom stereocenters. The molecule has 8 heteroatoms. The van der Waals surface area contributed by atoms with Crippen molar-refractivity contribution in [2.24, 2.45) is 0 Å². The van der Waals surface area contributed by atoms with Crippen molar-refractivity contribution in [2.45, 2.75) is 0 Å². The van der Waals surface area contributed by atoms with Crippen LogP contribution in [0.15, 0.2) is 28.2 Å². The molecule has 0 radical (unpaired) electrons. The van der Waals surface area contributed by atoms with Crippen molar-refractivity contribution in [1.82, 2.24) is 9.88 Å². The minimum Gasteiger partial charge on any atom is -0.431 e. The van der Waals surface area contributed by atoms with Gasteiger partial charge in [-0.2, -0.15) is 4.98 Å². The molecular formula is C13H13N3O4S. The maximum atomic E-state index is 12.2. The average Bonchev–Trinajstić information content (AvgIpc) is 3.19. The lowest BCUT2D eigenvalue weighted by Crippen LogP contribution is -2.40. The number of carbonyl (C=O) groups excluding carboxylic acids is 2. The lowest BCUT2D eigenvalue weighted by atomic mass is 10.3. The molecule has 1 aliphatic rings. The number of ether oxygens (including phenoxy) is 1. The first-order valence-corrected chi connectivity index (χ1v) is 7.29. The van der Waals surface area contributed by atoms with E-state index in [1.54, 1.807) is 22.4 Å². The van der Waals surface area contributed by atoms with Crippen molar-refractivity contribution in [1.29, 1.82) is 0 Å². The fourth-order valence-electron chi connectivity index (χ4n) is 1.92. The van der Waals surface area contributed by atoms with Crippen LogP contribution in [0.2, 0.25) is 0 Å². The lowest BCUT2D eigenvalue weighted by molar-refractivity contribution is 0.0299. The number of rotatable bonds is 3. The number of nitrogens with one attached hydrogen (secondary N) is 1. The fraction of sp³-hybridized carbons (Fsp3) is 0.308. The van der Waals surface area contributed by atoms with Crippen molar-refractivity contribution in [3.8, 4) is 0 Å². The Bertz CT molecular complexity index is 632. The third-order valence-electron chi connectivity index (χ3n) is 2.99. The molecule has 21 heavy (non-hydrogen) atoms. The number of carbonyl (C=O) groups is 2. The highest BCUT2D eigenvalue weighted by atomic mass is 32.1. The molecule has 3 rings (SSSR count). The van der Waals surface area contributed by atoms with Crippen LogP contribution in [0.25, 0.3) is 0 Å². The van der Waals surface area contributed by atoms with E-state index in [1.807, 2.05) is 0 Å². The Labute approximate surface area is 124 Å². The summed E-state index contributed by atoms with van der Waals surface area (Å²) in [5, 5.41) is 4.32. The third-order valence-corrected chi connectivity index (χ3v) is 3.86. The standard InChI is InChI=1S/C13H13N3O4S/c17-11(10-2-1-7-21-10)15-13-14-9(8-20-13)12(18)16-3-5-19-6-4-16/h1-2,7-8H,3-6H2,(H,14,15,17). The minimum atomic E-state index is -0.308. The van der Waals surface area contributed by atoms with Gasteiger partial charge < -0.3 is 14.1 Å². The Morgan fingerprint density at radius 3 is 2.86 bits per heavy atom. The SMILES string of the molecule is O=C(Nc1nc(C(=O)N2CCOCC2)co1)c1cccs1. The summed E-state index contributed by atoms with van der Waals surface area (Å²) in [4.78, 5) is 30.2. The third kappa shape index (κ3) is 3.11. The molecular weight excluding hydrogens is 294 g/mol. The molecule has 0 bridgehead atoms. The van der Waals surface area contributed by atoms with Crippen molar-refractivity contribution in [2.75, 3.05) is 31.6 Å². The van der Waals surface area contributed by atoms with Gasteiger partial charge >= 0.3 is 6.01 Å². The van der Waals surface area contributed by atoms with Gasteiger partial charge in [-0.15, -0.1) is 11.3 Å². The number of anilines is 1. The largest absolute Gasteiger partial charge is 0.431 e. The zero-order valence-electron chi connectivity index (χ0n) is 11.1. The van der Waals surface area contributed by atoms with Gasteiger partial charge in [-0.25, -0.2) is 0 Å². The van der Waals surface area contributed by atoms with Gasteiger partial charge in [-0.05, 0) is 11.4 Å². The number of oxazole rings is 1. The normalized spacial score (nSPS) is 15.0. The number of thiophene rings is 1. The first kappa shape index (κ1) is 13.8. The molecule has 0 unspecified atom stereocenters.